The topological polar surface area (TPSA) is 230 Å². The molecule has 6 aliphatic carbocycles. The summed E-state index contributed by atoms with van der Waals surface area (Å²) in [5, 5.41) is 12.0. The molecule has 6 bridgehead atoms. The fourth-order valence-corrected chi connectivity index (χ4v) is 15.3. The molecule has 8 aromatic rings. The molecular weight excluding hydrogens is 1050 g/mol. The van der Waals surface area contributed by atoms with Gasteiger partial charge in [-0.2, -0.15) is 0 Å². The number of fused-ring (bicyclic) bond motifs is 13. The Labute approximate surface area is 488 Å². The van der Waals surface area contributed by atoms with Crippen molar-refractivity contribution in [1.29, 1.82) is 0 Å². The van der Waals surface area contributed by atoms with Gasteiger partial charge in [0.25, 0.3) is 0 Å². The lowest BCUT2D eigenvalue weighted by Crippen LogP contribution is -2.35. The van der Waals surface area contributed by atoms with Crippen molar-refractivity contribution in [2.45, 2.75) is 107 Å². The first-order valence-electron chi connectivity index (χ1n) is 29.0. The number of aliphatic imine (C=N–C) groups is 1. The molecular formula is C68H71N9O7. The summed E-state index contributed by atoms with van der Waals surface area (Å²) in [4.78, 5) is 97.9. The molecule has 430 valence electrons. The lowest BCUT2D eigenvalue weighted by molar-refractivity contribution is -0.130. The number of Topliss-reactive ketones (excluding diaryl/α,β-unsaturated/α-hetero) is 3. The average Bonchev–Trinajstić information content (AvgIpc) is 1.65. The Hall–Kier alpha value is -8.40. The van der Waals surface area contributed by atoms with Gasteiger partial charge in [-0.3, -0.25) is 19.4 Å². The van der Waals surface area contributed by atoms with Crippen LogP contribution in [-0.4, -0.2) is 93.6 Å². The second kappa shape index (κ2) is 21.3. The molecule has 84 heavy (non-hydrogen) atoms. The first-order chi connectivity index (χ1) is 40.0. The summed E-state index contributed by atoms with van der Waals surface area (Å²) >= 11 is 0. The van der Waals surface area contributed by atoms with Crippen LogP contribution in [0.15, 0.2) is 133 Å². The quantitative estimate of drug-likeness (QED) is 0.0959. The van der Waals surface area contributed by atoms with E-state index in [1.54, 1.807) is 36.7 Å². The Kier molecular flexibility index (Phi) is 14.6. The number of carbonyl (C=O) groups excluding carboxylic acids is 4. The summed E-state index contributed by atoms with van der Waals surface area (Å²) in [7, 11) is 1.33. The molecule has 16 heteroatoms. The maximum atomic E-state index is 13.2. The zero-order valence-electron chi connectivity index (χ0n) is 49.4. The molecule has 0 spiro atoms. The number of carboxylic acids is 1. The zero-order chi connectivity index (χ0) is 59.7. The van der Waals surface area contributed by atoms with Gasteiger partial charge in [-0.05, 0) is 102 Å². The van der Waals surface area contributed by atoms with Crippen LogP contribution in [-0.2, 0) is 14.3 Å². The molecule has 16 nitrogen and oxygen atoms in total. The molecule has 4 aromatic carbocycles. The van der Waals surface area contributed by atoms with E-state index in [2.05, 4.69) is 118 Å². The van der Waals surface area contributed by atoms with Gasteiger partial charge in [0.1, 0.15) is 42.6 Å². The molecule has 6 saturated carbocycles. The number of rotatable bonds is 5. The predicted octanol–water partition coefficient (Wildman–Crippen LogP) is 12.9. The molecule has 6 fully saturated rings. The van der Waals surface area contributed by atoms with E-state index in [0.717, 1.165) is 65.2 Å². The molecule has 15 rings (SSSR count). The largest absolute Gasteiger partial charge is 0.476 e. The molecule has 0 radical (unpaired) electrons. The standard InChI is InChI=1S/C20H21N3.C19H20N2O2.C10H8N2O2.C10H16O.C9H6N2O2/c1-19(2)14-8-9-20(19,3)18-16(14)13(10-21-18)17-12-6-4-5-7-15(12)22-11-23-17;1-18(2)12-8-9-19(18,3)17(23)14(12)16(22)15-11-6-4-5-7-13(11)20-10-21-15;1-14-10(13)9-7-4-2-3-5-8(7)11-6-12-9;1-9(2)7-4-5-10(9,3)8(11)6-7;12-9(13)8-6-3-1-2-4-7(6)10-5-11-8/h4-7,11,14H,8-10H2,1-3H3;4-7,10,12,14H,8-9H2,1-3H3;2-6H,1H3;7H,4-6H2,1-3H3;1-5H,(H,12,13). The number of ketones is 3. The highest BCUT2D eigenvalue weighted by molar-refractivity contribution is 6.18. The minimum absolute atomic E-state index is 0.0255. The molecule has 7 atom stereocenters. The van der Waals surface area contributed by atoms with Gasteiger partial charge >= 0.3 is 11.9 Å². The van der Waals surface area contributed by atoms with Crippen LogP contribution < -0.4 is 0 Å². The SMILES string of the molecule is CC12CCC(C(C(=O)c3ncnc4ccccc34)C1=O)C2(C)C.CC12CCC(C3=C(c4ncnc5ccccc45)CN=C31)C2(C)C.CC12CCC(CC1=O)C2(C)C.COC(=O)c1ncnc2ccccc12.O=C(O)c1ncnc2ccccc12. The van der Waals surface area contributed by atoms with Crippen LogP contribution >= 0.6 is 0 Å². The molecule has 1 N–H and O–H groups in total. The second-order valence-corrected chi connectivity index (χ2v) is 25.8. The number of esters is 1. The van der Waals surface area contributed by atoms with E-state index in [-0.39, 0.29) is 50.3 Å². The maximum Gasteiger partial charge on any atom is 0.357 e. The van der Waals surface area contributed by atoms with Crippen LogP contribution in [0.3, 0.4) is 0 Å². The van der Waals surface area contributed by atoms with Crippen molar-refractivity contribution in [3.05, 3.63) is 151 Å². The van der Waals surface area contributed by atoms with E-state index in [1.807, 2.05) is 55.5 Å². The van der Waals surface area contributed by atoms with E-state index < -0.39 is 17.9 Å². The van der Waals surface area contributed by atoms with Gasteiger partial charge in [0, 0.05) is 55.5 Å². The van der Waals surface area contributed by atoms with Crippen LogP contribution in [0.5, 0.6) is 0 Å². The van der Waals surface area contributed by atoms with Gasteiger partial charge < -0.3 is 9.84 Å². The second-order valence-electron chi connectivity index (χ2n) is 25.8. The third-order valence-electron chi connectivity index (χ3n) is 21.6. The van der Waals surface area contributed by atoms with Crippen molar-refractivity contribution in [2.24, 2.45) is 61.2 Å². The van der Waals surface area contributed by atoms with Crippen molar-refractivity contribution in [3.8, 4) is 0 Å². The Morgan fingerprint density at radius 1 is 0.524 bits per heavy atom. The Morgan fingerprint density at radius 3 is 1.49 bits per heavy atom. The van der Waals surface area contributed by atoms with Crippen molar-refractivity contribution >= 4 is 84.2 Å². The average molecular weight is 1130 g/mol. The lowest BCUT2D eigenvalue weighted by Gasteiger charge is -2.33. The minimum atomic E-state index is -1.03. The summed E-state index contributed by atoms with van der Waals surface area (Å²) in [6.45, 7) is 21.0. The third-order valence-corrected chi connectivity index (χ3v) is 21.6. The van der Waals surface area contributed by atoms with Crippen LogP contribution in [0.25, 0.3) is 49.2 Å². The number of allylic oxidation sites excluding steroid dienone is 1. The fourth-order valence-electron chi connectivity index (χ4n) is 15.3. The Morgan fingerprint density at radius 2 is 1.00 bits per heavy atom. The number of carboxylic acid groups (broad SMARTS) is 1. The van der Waals surface area contributed by atoms with Crippen LogP contribution in [0, 0.1) is 56.2 Å². The van der Waals surface area contributed by atoms with E-state index in [0.29, 0.717) is 50.7 Å². The highest BCUT2D eigenvalue weighted by Crippen LogP contribution is 2.69. The first-order valence-corrected chi connectivity index (χ1v) is 29.0. The number of para-hydroxylation sites is 4. The molecule has 5 heterocycles. The van der Waals surface area contributed by atoms with Gasteiger partial charge in [-0.25, -0.2) is 49.5 Å². The highest BCUT2D eigenvalue weighted by Gasteiger charge is 2.68. The lowest BCUT2D eigenvalue weighted by atomic mass is 9.70. The molecule has 7 aliphatic rings. The fraction of sp³-hybridized carbons (Fsp3) is 0.412. The molecule has 7 unspecified atom stereocenters. The van der Waals surface area contributed by atoms with Crippen LogP contribution in [0.1, 0.15) is 144 Å². The Balaban J connectivity index is 0.000000113. The zero-order valence-corrected chi connectivity index (χ0v) is 49.4. The van der Waals surface area contributed by atoms with E-state index >= 15 is 0 Å². The number of hydrogen-bond acceptors (Lipinski definition) is 15. The summed E-state index contributed by atoms with van der Waals surface area (Å²) in [6, 6.07) is 30.1. The van der Waals surface area contributed by atoms with Gasteiger partial charge in [0.05, 0.1) is 47.3 Å². The number of nitrogens with zero attached hydrogens (tertiary/aromatic N) is 9. The number of aromatic carboxylic acids is 1. The summed E-state index contributed by atoms with van der Waals surface area (Å²) < 4.78 is 4.62. The summed E-state index contributed by atoms with van der Waals surface area (Å²) in [5.41, 5.74) is 9.53. The smallest absolute Gasteiger partial charge is 0.357 e. The van der Waals surface area contributed by atoms with Crippen molar-refractivity contribution in [1.82, 2.24) is 39.9 Å². The van der Waals surface area contributed by atoms with E-state index in [1.165, 1.54) is 62.2 Å². The Bertz CT molecular complexity index is 4060. The molecule has 4 aromatic heterocycles. The molecule has 0 amide bonds. The number of ether oxygens (including phenoxy) is 1. The summed E-state index contributed by atoms with van der Waals surface area (Å²) in [5.74, 6) is -0.122. The maximum absolute atomic E-state index is 13.2. The van der Waals surface area contributed by atoms with E-state index in [4.69, 9.17) is 10.1 Å². The van der Waals surface area contributed by atoms with Gasteiger partial charge in [0.2, 0.25) is 0 Å². The number of benzene rings is 4. The van der Waals surface area contributed by atoms with Gasteiger partial charge in [-0.1, -0.05) is 135 Å². The van der Waals surface area contributed by atoms with Crippen molar-refractivity contribution in [3.63, 3.8) is 0 Å². The number of methoxy groups -OCH3 is 1. The minimum Gasteiger partial charge on any atom is -0.476 e. The number of carbonyl (C=O) groups is 5. The number of hydrogen-bond donors (Lipinski definition) is 1. The normalized spacial score (nSPS) is 26.5. The first kappa shape index (κ1) is 57.4. The van der Waals surface area contributed by atoms with Crippen molar-refractivity contribution < 1.29 is 33.8 Å². The van der Waals surface area contributed by atoms with Gasteiger partial charge in [-0.15, -0.1) is 0 Å². The summed E-state index contributed by atoms with van der Waals surface area (Å²) in [6.07, 6.45) is 13.4. The molecule has 1 aliphatic heterocycles. The van der Waals surface area contributed by atoms with Crippen molar-refractivity contribution in [2.75, 3.05) is 13.7 Å². The highest BCUT2D eigenvalue weighted by atomic mass is 16.5. The monoisotopic (exact) mass is 1130 g/mol. The van der Waals surface area contributed by atoms with Gasteiger partial charge in [0.15, 0.2) is 17.2 Å². The third kappa shape index (κ3) is 9.00. The van der Waals surface area contributed by atoms with Crippen LogP contribution in [0.2, 0.25) is 0 Å². The van der Waals surface area contributed by atoms with Crippen LogP contribution in [0.4, 0.5) is 0 Å². The van der Waals surface area contributed by atoms with E-state index in [9.17, 15) is 24.0 Å². The number of aromatic nitrogens is 8. The predicted molar refractivity (Wildman–Crippen MR) is 322 cm³/mol. The molecule has 0 saturated heterocycles.